The van der Waals surface area contributed by atoms with Crippen LogP contribution in [0, 0.1) is 5.92 Å². The number of likely N-dealkylation sites (N-methyl/N-ethyl adjacent to an activating group) is 1. The first-order chi connectivity index (χ1) is 20.9. The third kappa shape index (κ3) is 7.41. The van der Waals surface area contributed by atoms with Gasteiger partial charge in [0.05, 0.1) is 28.8 Å². The van der Waals surface area contributed by atoms with Gasteiger partial charge in [-0.2, -0.15) is 5.10 Å². The molecule has 11 nitrogen and oxygen atoms in total. The average molecular weight is 608 g/mol. The number of carbonyl (C=O) groups is 2. The highest BCUT2D eigenvalue weighted by atomic mass is 32.1. The van der Waals surface area contributed by atoms with Crippen LogP contribution in [0.1, 0.15) is 56.7 Å². The molecule has 0 aromatic carbocycles. The van der Waals surface area contributed by atoms with Crippen LogP contribution in [0.5, 0.6) is 0 Å². The van der Waals surface area contributed by atoms with Crippen molar-refractivity contribution in [1.29, 1.82) is 0 Å². The summed E-state index contributed by atoms with van der Waals surface area (Å²) in [6.45, 7) is 8.96. The second-order valence-corrected chi connectivity index (χ2v) is 12.8. The summed E-state index contributed by atoms with van der Waals surface area (Å²) in [7, 11) is 4.06. The molecule has 3 aromatic rings. The summed E-state index contributed by atoms with van der Waals surface area (Å²) in [4.78, 5) is 48.6. The van der Waals surface area contributed by atoms with Gasteiger partial charge in [-0.3, -0.25) is 9.59 Å². The Kier molecular flexibility index (Phi) is 10.4. The monoisotopic (exact) mass is 607 g/mol. The highest BCUT2D eigenvalue weighted by Gasteiger charge is 2.34. The molecule has 1 saturated heterocycles. The summed E-state index contributed by atoms with van der Waals surface area (Å²) in [6, 6.07) is 0.194. The van der Waals surface area contributed by atoms with E-state index in [2.05, 4.69) is 37.2 Å². The lowest BCUT2D eigenvalue weighted by molar-refractivity contribution is -0.137. The number of aryl methyl sites for hydroxylation is 1. The summed E-state index contributed by atoms with van der Waals surface area (Å²) in [5, 5.41) is 8.81. The molecule has 2 aliphatic rings. The normalized spacial score (nSPS) is 19.6. The van der Waals surface area contributed by atoms with E-state index in [4.69, 9.17) is 4.98 Å². The van der Waals surface area contributed by atoms with Crippen LogP contribution in [0.2, 0.25) is 0 Å². The van der Waals surface area contributed by atoms with Gasteiger partial charge in [-0.05, 0) is 65.6 Å². The number of carbonyl (C=O) groups excluding carboxylic acids is 2. The van der Waals surface area contributed by atoms with Crippen LogP contribution in [0.3, 0.4) is 0 Å². The summed E-state index contributed by atoms with van der Waals surface area (Å²) in [5.41, 5.74) is 1.81. The lowest BCUT2D eigenvalue weighted by atomic mass is 9.84. The van der Waals surface area contributed by atoms with Crippen LogP contribution in [-0.2, 0) is 22.6 Å². The van der Waals surface area contributed by atoms with Crippen LogP contribution in [0.15, 0.2) is 30.1 Å². The predicted octanol–water partition coefficient (Wildman–Crippen LogP) is 3.46. The molecule has 2 fully saturated rings. The lowest BCUT2D eigenvalue weighted by Crippen LogP contribution is -2.52. The van der Waals surface area contributed by atoms with Crippen molar-refractivity contribution < 1.29 is 9.59 Å². The maximum absolute atomic E-state index is 13.5. The summed E-state index contributed by atoms with van der Waals surface area (Å²) >= 11 is 1.70. The number of thiazole rings is 1. The zero-order chi connectivity index (χ0) is 30.3. The number of hydrogen-bond acceptors (Lipinski definition) is 9. The summed E-state index contributed by atoms with van der Waals surface area (Å²) in [5.74, 6) is 1.23. The van der Waals surface area contributed by atoms with Crippen molar-refractivity contribution in [2.75, 3.05) is 58.3 Å². The second-order valence-electron chi connectivity index (χ2n) is 11.9. The third-order valence-electron chi connectivity index (χ3n) is 8.55. The van der Waals surface area contributed by atoms with Gasteiger partial charge in [-0.25, -0.2) is 19.6 Å². The SMILES string of the molecule is C/C=C/C(=O)N(CCN(C)C)C1CCC(C(=O)N2CCN(c3ncnc4c3cnn4Cc3csc(CCC)n3)CC2)CC1. The van der Waals surface area contributed by atoms with E-state index in [1.807, 2.05) is 47.8 Å². The standard InChI is InChI=1S/C31H45N9O2S/c1-5-7-27-35-24(21-43-27)20-40-30-26(19-34-40)29(32-22-33-30)37-14-16-38(17-15-37)31(42)23-9-11-25(12-10-23)39(18-13-36(3)4)28(41)8-6-2/h6,8,19,21-23,25H,5,7,9-18,20H2,1-4H3/b8-6+. The molecule has 0 unspecified atom stereocenters. The smallest absolute Gasteiger partial charge is 0.246 e. The first-order valence-electron chi connectivity index (χ1n) is 15.6. The molecule has 1 saturated carbocycles. The molecular formula is C31H45N9O2S. The Labute approximate surface area is 258 Å². The average Bonchev–Trinajstić information content (AvgIpc) is 3.64. The predicted molar refractivity (Wildman–Crippen MR) is 170 cm³/mol. The van der Waals surface area contributed by atoms with Crippen molar-refractivity contribution in [1.82, 2.24) is 39.4 Å². The Balaban J connectivity index is 1.16. The van der Waals surface area contributed by atoms with Gasteiger partial charge in [-0.15, -0.1) is 11.3 Å². The third-order valence-corrected chi connectivity index (χ3v) is 9.50. The molecule has 4 heterocycles. The Hall–Kier alpha value is -3.38. The fourth-order valence-electron chi connectivity index (χ4n) is 6.20. The van der Waals surface area contributed by atoms with Gasteiger partial charge in [0.25, 0.3) is 0 Å². The van der Waals surface area contributed by atoms with Crippen molar-refractivity contribution in [3.63, 3.8) is 0 Å². The molecular weight excluding hydrogens is 562 g/mol. The quantitative estimate of drug-likeness (QED) is 0.306. The molecule has 0 atom stereocenters. The maximum atomic E-state index is 13.5. The van der Waals surface area contributed by atoms with Crippen molar-refractivity contribution in [3.8, 4) is 0 Å². The molecule has 5 rings (SSSR count). The van der Waals surface area contributed by atoms with Gasteiger partial charge in [0.2, 0.25) is 11.8 Å². The Morgan fingerprint density at radius 1 is 1.07 bits per heavy atom. The lowest BCUT2D eigenvalue weighted by Gasteiger charge is -2.40. The van der Waals surface area contributed by atoms with Gasteiger partial charge in [0.15, 0.2) is 5.65 Å². The molecule has 2 amide bonds. The van der Waals surface area contributed by atoms with E-state index < -0.39 is 0 Å². The van der Waals surface area contributed by atoms with Crippen molar-refractivity contribution in [2.24, 2.45) is 5.92 Å². The van der Waals surface area contributed by atoms with Gasteiger partial charge in [0.1, 0.15) is 12.1 Å². The maximum Gasteiger partial charge on any atom is 0.246 e. The number of piperazine rings is 1. The summed E-state index contributed by atoms with van der Waals surface area (Å²) < 4.78 is 1.90. The number of anilines is 1. The highest BCUT2D eigenvalue weighted by Crippen LogP contribution is 2.30. The zero-order valence-corrected chi connectivity index (χ0v) is 26.8. The molecule has 232 valence electrons. The molecule has 12 heteroatoms. The van der Waals surface area contributed by atoms with E-state index in [9.17, 15) is 9.59 Å². The molecule has 0 N–H and O–H groups in total. The minimum atomic E-state index is 0.0304. The van der Waals surface area contributed by atoms with Crippen LogP contribution >= 0.6 is 11.3 Å². The van der Waals surface area contributed by atoms with Gasteiger partial charge < -0.3 is 19.6 Å². The van der Waals surface area contributed by atoms with Gasteiger partial charge in [0, 0.05) is 56.6 Å². The van der Waals surface area contributed by atoms with E-state index >= 15 is 0 Å². The summed E-state index contributed by atoms with van der Waals surface area (Å²) in [6.07, 6.45) is 12.4. The largest absolute Gasteiger partial charge is 0.352 e. The topological polar surface area (TPSA) is 104 Å². The first-order valence-corrected chi connectivity index (χ1v) is 16.5. The molecule has 0 bridgehead atoms. The molecule has 0 radical (unpaired) electrons. The Morgan fingerprint density at radius 3 is 2.53 bits per heavy atom. The zero-order valence-electron chi connectivity index (χ0n) is 26.0. The number of aromatic nitrogens is 5. The minimum absolute atomic E-state index is 0.0304. The number of hydrogen-bond donors (Lipinski definition) is 0. The number of allylic oxidation sites excluding steroid dienone is 1. The van der Waals surface area contributed by atoms with Gasteiger partial charge >= 0.3 is 0 Å². The highest BCUT2D eigenvalue weighted by molar-refractivity contribution is 7.09. The van der Waals surface area contributed by atoms with Crippen LogP contribution in [-0.4, -0.2) is 111 Å². The second kappa shape index (κ2) is 14.4. The fourth-order valence-corrected chi connectivity index (χ4v) is 7.09. The van der Waals surface area contributed by atoms with Crippen LogP contribution in [0.25, 0.3) is 11.0 Å². The molecule has 1 aliphatic heterocycles. The van der Waals surface area contributed by atoms with Crippen LogP contribution < -0.4 is 4.90 Å². The molecule has 43 heavy (non-hydrogen) atoms. The van der Waals surface area contributed by atoms with E-state index in [1.165, 1.54) is 0 Å². The number of nitrogens with zero attached hydrogens (tertiary/aromatic N) is 9. The molecule has 3 aromatic heterocycles. The first kappa shape index (κ1) is 31.1. The Morgan fingerprint density at radius 2 is 1.84 bits per heavy atom. The van der Waals surface area contributed by atoms with Crippen molar-refractivity contribution >= 4 is 40.0 Å². The van der Waals surface area contributed by atoms with Crippen molar-refractivity contribution in [2.45, 2.75) is 65.0 Å². The molecule has 1 aliphatic carbocycles. The van der Waals surface area contributed by atoms with E-state index in [0.717, 1.165) is 85.7 Å². The fraction of sp³-hybridized carbons (Fsp3) is 0.613. The minimum Gasteiger partial charge on any atom is -0.352 e. The van der Waals surface area contributed by atoms with Gasteiger partial charge in [-0.1, -0.05) is 13.0 Å². The van der Waals surface area contributed by atoms with E-state index in [-0.39, 0.29) is 23.8 Å². The van der Waals surface area contributed by atoms with E-state index in [0.29, 0.717) is 26.2 Å². The molecule has 0 spiro atoms. The number of amides is 2. The van der Waals surface area contributed by atoms with Crippen LogP contribution in [0.4, 0.5) is 5.82 Å². The number of rotatable bonds is 11. The van der Waals surface area contributed by atoms with E-state index in [1.54, 1.807) is 23.7 Å². The van der Waals surface area contributed by atoms with Crippen molar-refractivity contribution in [3.05, 3.63) is 40.8 Å². The Bertz CT molecular complexity index is 1400. The number of fused-ring (bicyclic) bond motifs is 1.